The molecule has 18 heavy (non-hydrogen) atoms. The normalized spacial score (nSPS) is 10.3. The second-order valence-corrected chi connectivity index (χ2v) is 5.83. The van der Waals surface area contributed by atoms with E-state index in [9.17, 15) is 4.79 Å². The SMILES string of the molecule is Nc1cc(Br)cc(C(=O)Cc2ccc(Br)cc2)c1. The molecular formula is C14H11Br2NO. The molecule has 2 rings (SSSR count). The van der Waals surface area contributed by atoms with Crippen LogP contribution in [0.1, 0.15) is 15.9 Å². The van der Waals surface area contributed by atoms with Gasteiger partial charge in [0.05, 0.1) is 0 Å². The Hall–Kier alpha value is -1.13. The van der Waals surface area contributed by atoms with Gasteiger partial charge in [0, 0.05) is 26.6 Å². The molecule has 0 saturated carbocycles. The van der Waals surface area contributed by atoms with Crippen molar-refractivity contribution < 1.29 is 4.79 Å². The van der Waals surface area contributed by atoms with Crippen LogP contribution in [-0.2, 0) is 6.42 Å². The molecule has 0 saturated heterocycles. The Morgan fingerprint density at radius 3 is 2.28 bits per heavy atom. The van der Waals surface area contributed by atoms with Crippen LogP contribution in [0.2, 0.25) is 0 Å². The molecule has 2 nitrogen and oxygen atoms in total. The second-order valence-electron chi connectivity index (χ2n) is 4.00. The van der Waals surface area contributed by atoms with Crippen molar-refractivity contribution in [2.75, 3.05) is 5.73 Å². The Bertz CT molecular complexity index is 559. The minimum absolute atomic E-state index is 0.0605. The van der Waals surface area contributed by atoms with Crippen molar-refractivity contribution >= 4 is 43.3 Å². The Balaban J connectivity index is 2.19. The summed E-state index contributed by atoms with van der Waals surface area (Å²) in [7, 11) is 0. The van der Waals surface area contributed by atoms with Gasteiger partial charge in [-0.2, -0.15) is 0 Å². The maximum atomic E-state index is 12.1. The van der Waals surface area contributed by atoms with Crippen LogP contribution in [0.3, 0.4) is 0 Å². The maximum absolute atomic E-state index is 12.1. The standard InChI is InChI=1S/C14H11Br2NO/c15-11-3-1-9(2-4-11)5-14(18)10-6-12(16)8-13(17)7-10/h1-4,6-8H,5,17H2. The fourth-order valence-electron chi connectivity index (χ4n) is 1.66. The third kappa shape index (κ3) is 3.43. The topological polar surface area (TPSA) is 43.1 Å². The number of carbonyl (C=O) groups is 1. The quantitative estimate of drug-likeness (QED) is 0.651. The highest BCUT2D eigenvalue weighted by atomic mass is 79.9. The van der Waals surface area contributed by atoms with E-state index in [0.29, 0.717) is 17.7 Å². The molecule has 0 aliphatic heterocycles. The number of halogens is 2. The van der Waals surface area contributed by atoms with Crippen molar-refractivity contribution in [3.63, 3.8) is 0 Å². The monoisotopic (exact) mass is 367 g/mol. The van der Waals surface area contributed by atoms with Gasteiger partial charge in [-0.25, -0.2) is 0 Å². The first kappa shape index (κ1) is 13.3. The lowest BCUT2D eigenvalue weighted by Gasteiger charge is -2.04. The summed E-state index contributed by atoms with van der Waals surface area (Å²) in [6.07, 6.45) is 0.378. The molecule has 0 unspecified atom stereocenters. The number of Topliss-reactive ketones (excluding diaryl/α,β-unsaturated/α-hetero) is 1. The molecule has 2 aromatic rings. The molecule has 2 N–H and O–H groups in total. The van der Waals surface area contributed by atoms with E-state index in [-0.39, 0.29) is 5.78 Å². The van der Waals surface area contributed by atoms with E-state index in [2.05, 4.69) is 31.9 Å². The minimum Gasteiger partial charge on any atom is -0.399 e. The van der Waals surface area contributed by atoms with Crippen LogP contribution in [-0.4, -0.2) is 5.78 Å². The second kappa shape index (κ2) is 5.67. The number of ketones is 1. The van der Waals surface area contributed by atoms with Gasteiger partial charge in [-0.1, -0.05) is 44.0 Å². The third-order valence-corrected chi connectivity index (χ3v) is 3.51. The smallest absolute Gasteiger partial charge is 0.167 e. The van der Waals surface area contributed by atoms with E-state index in [4.69, 9.17) is 5.73 Å². The molecule has 0 bridgehead atoms. The van der Waals surface area contributed by atoms with E-state index >= 15 is 0 Å². The van der Waals surface area contributed by atoms with Crippen LogP contribution >= 0.6 is 31.9 Å². The summed E-state index contributed by atoms with van der Waals surface area (Å²) >= 11 is 6.71. The Morgan fingerprint density at radius 2 is 1.67 bits per heavy atom. The highest BCUT2D eigenvalue weighted by Crippen LogP contribution is 2.19. The molecule has 2 aromatic carbocycles. The summed E-state index contributed by atoms with van der Waals surface area (Å²) in [6.45, 7) is 0. The average Bonchev–Trinajstić information content (AvgIpc) is 2.31. The van der Waals surface area contributed by atoms with Crippen LogP contribution < -0.4 is 5.73 Å². The van der Waals surface area contributed by atoms with Gasteiger partial charge < -0.3 is 5.73 Å². The third-order valence-electron chi connectivity index (χ3n) is 2.52. The molecule has 0 fully saturated rings. The van der Waals surface area contributed by atoms with Crippen molar-refractivity contribution in [2.24, 2.45) is 0 Å². The molecule has 92 valence electrons. The molecule has 0 spiro atoms. The largest absolute Gasteiger partial charge is 0.399 e. The van der Waals surface area contributed by atoms with Crippen molar-refractivity contribution in [3.05, 3.63) is 62.5 Å². The predicted molar refractivity (Wildman–Crippen MR) is 80.7 cm³/mol. The zero-order chi connectivity index (χ0) is 13.1. The minimum atomic E-state index is 0.0605. The summed E-state index contributed by atoms with van der Waals surface area (Å²) in [5, 5.41) is 0. The Morgan fingerprint density at radius 1 is 1.00 bits per heavy atom. The number of carbonyl (C=O) groups excluding carboxylic acids is 1. The molecule has 0 atom stereocenters. The van der Waals surface area contributed by atoms with Crippen molar-refractivity contribution in [1.82, 2.24) is 0 Å². The van der Waals surface area contributed by atoms with E-state index in [0.717, 1.165) is 14.5 Å². The zero-order valence-electron chi connectivity index (χ0n) is 9.49. The first-order valence-electron chi connectivity index (χ1n) is 5.38. The van der Waals surface area contributed by atoms with Gasteiger partial charge in [-0.05, 0) is 35.9 Å². The zero-order valence-corrected chi connectivity index (χ0v) is 12.7. The summed E-state index contributed by atoms with van der Waals surface area (Å²) in [5.74, 6) is 0.0605. The molecule has 0 aliphatic rings. The van der Waals surface area contributed by atoms with Crippen molar-refractivity contribution in [3.8, 4) is 0 Å². The molecule has 0 heterocycles. The fourth-order valence-corrected chi connectivity index (χ4v) is 2.44. The van der Waals surface area contributed by atoms with Crippen molar-refractivity contribution in [1.29, 1.82) is 0 Å². The van der Waals surface area contributed by atoms with E-state index in [1.54, 1.807) is 18.2 Å². The number of nitrogen functional groups attached to an aromatic ring is 1. The number of rotatable bonds is 3. The Kier molecular flexibility index (Phi) is 4.19. The van der Waals surface area contributed by atoms with Crippen LogP contribution in [0.4, 0.5) is 5.69 Å². The van der Waals surface area contributed by atoms with Gasteiger partial charge in [0.1, 0.15) is 0 Å². The van der Waals surface area contributed by atoms with Crippen molar-refractivity contribution in [2.45, 2.75) is 6.42 Å². The number of benzene rings is 2. The van der Waals surface area contributed by atoms with Gasteiger partial charge >= 0.3 is 0 Å². The van der Waals surface area contributed by atoms with Gasteiger partial charge in [-0.3, -0.25) is 4.79 Å². The Labute approximate surface area is 122 Å². The molecule has 0 radical (unpaired) electrons. The van der Waals surface area contributed by atoms with Gasteiger partial charge in [0.2, 0.25) is 0 Å². The van der Waals surface area contributed by atoms with Gasteiger partial charge in [0.15, 0.2) is 5.78 Å². The maximum Gasteiger partial charge on any atom is 0.167 e. The first-order chi connectivity index (χ1) is 8.54. The van der Waals surface area contributed by atoms with Gasteiger partial charge in [-0.15, -0.1) is 0 Å². The lowest BCUT2D eigenvalue weighted by Crippen LogP contribution is -2.04. The highest BCUT2D eigenvalue weighted by molar-refractivity contribution is 9.10. The number of nitrogens with two attached hydrogens (primary N) is 1. The van der Waals surface area contributed by atoms with Crippen LogP contribution in [0.5, 0.6) is 0 Å². The number of hydrogen-bond donors (Lipinski definition) is 1. The predicted octanol–water partition coefficient (Wildman–Crippen LogP) is 4.22. The molecule has 0 amide bonds. The number of anilines is 1. The highest BCUT2D eigenvalue weighted by Gasteiger charge is 2.08. The van der Waals surface area contributed by atoms with Gasteiger partial charge in [0.25, 0.3) is 0 Å². The average molecular weight is 369 g/mol. The first-order valence-corrected chi connectivity index (χ1v) is 6.97. The molecule has 0 aromatic heterocycles. The van der Waals surface area contributed by atoms with Crippen LogP contribution in [0.15, 0.2) is 51.4 Å². The summed E-state index contributed by atoms with van der Waals surface area (Å²) < 4.78 is 1.83. The molecule has 4 heteroatoms. The molecular weight excluding hydrogens is 358 g/mol. The van der Waals surface area contributed by atoms with E-state index in [1.807, 2.05) is 24.3 Å². The molecule has 0 aliphatic carbocycles. The van der Waals surface area contributed by atoms with E-state index in [1.165, 1.54) is 0 Å². The number of hydrogen-bond acceptors (Lipinski definition) is 2. The lowest BCUT2D eigenvalue weighted by atomic mass is 10.0. The lowest BCUT2D eigenvalue weighted by molar-refractivity contribution is 0.0993. The van der Waals surface area contributed by atoms with E-state index < -0.39 is 0 Å². The van der Waals surface area contributed by atoms with Crippen LogP contribution in [0.25, 0.3) is 0 Å². The summed E-state index contributed by atoms with van der Waals surface area (Å²) in [5.41, 5.74) is 7.93. The summed E-state index contributed by atoms with van der Waals surface area (Å²) in [6, 6.07) is 13.0. The summed E-state index contributed by atoms with van der Waals surface area (Å²) in [4.78, 5) is 12.1. The van der Waals surface area contributed by atoms with Crippen LogP contribution in [0, 0.1) is 0 Å². The fraction of sp³-hybridized carbons (Fsp3) is 0.0714.